The number of benzene rings is 1. The summed E-state index contributed by atoms with van der Waals surface area (Å²) in [6.07, 6.45) is -4.86. The molecule has 1 aromatic carbocycles. The van der Waals surface area contributed by atoms with E-state index in [1.54, 1.807) is 24.3 Å². The lowest BCUT2D eigenvalue weighted by atomic mass is 10.1. The number of fused-ring (bicyclic) bond motifs is 1. The van der Waals surface area contributed by atoms with Crippen molar-refractivity contribution in [2.75, 3.05) is 6.61 Å². The number of rotatable bonds is 6. The van der Waals surface area contributed by atoms with Crippen molar-refractivity contribution >= 4 is 10.1 Å². The Morgan fingerprint density at radius 2 is 1.81 bits per heavy atom. The van der Waals surface area contributed by atoms with Crippen LogP contribution in [0, 0.1) is 0 Å². The minimum atomic E-state index is -5.84. The first-order chi connectivity index (χ1) is 12.5. The van der Waals surface area contributed by atoms with Crippen LogP contribution in [0.4, 0.5) is 13.2 Å². The maximum atomic E-state index is 12.7. The second-order valence-corrected chi connectivity index (χ2v) is 8.17. The van der Waals surface area contributed by atoms with Crippen LogP contribution in [0.3, 0.4) is 0 Å². The van der Waals surface area contributed by atoms with E-state index in [0.29, 0.717) is 0 Å². The highest BCUT2D eigenvalue weighted by molar-refractivity contribution is 7.87. The number of halogens is 3. The predicted octanol–water partition coefficient (Wildman–Crippen LogP) is 2.31. The van der Waals surface area contributed by atoms with E-state index in [0.717, 1.165) is 5.56 Å². The molecule has 152 valence electrons. The Hall–Kier alpha value is -1.24. The van der Waals surface area contributed by atoms with Gasteiger partial charge in [-0.05, 0) is 19.4 Å². The third-order valence-electron chi connectivity index (χ3n) is 4.00. The Morgan fingerprint density at radius 1 is 1.15 bits per heavy atom. The molecule has 2 aliphatic heterocycles. The summed E-state index contributed by atoms with van der Waals surface area (Å²) in [6, 6.07) is 9.05. The maximum Gasteiger partial charge on any atom is 0.523 e. The zero-order valence-electron chi connectivity index (χ0n) is 14.5. The number of hydrogen-bond acceptors (Lipinski definition) is 7. The average Bonchev–Trinajstić information content (AvgIpc) is 3.00. The van der Waals surface area contributed by atoms with E-state index in [-0.39, 0.29) is 13.2 Å². The van der Waals surface area contributed by atoms with Crippen molar-refractivity contribution in [3.05, 3.63) is 35.9 Å². The van der Waals surface area contributed by atoms with Crippen LogP contribution in [-0.4, -0.2) is 50.9 Å². The Bertz CT molecular complexity index is 751. The van der Waals surface area contributed by atoms with Gasteiger partial charge < -0.3 is 18.9 Å². The summed E-state index contributed by atoms with van der Waals surface area (Å²) in [7, 11) is -5.84. The van der Waals surface area contributed by atoms with Gasteiger partial charge in [0.15, 0.2) is 12.1 Å². The van der Waals surface area contributed by atoms with Crippen molar-refractivity contribution < 1.29 is 44.7 Å². The molecule has 2 fully saturated rings. The molecule has 11 heteroatoms. The number of hydrogen-bond donors (Lipinski definition) is 0. The molecule has 1 aromatic rings. The molecule has 2 heterocycles. The van der Waals surface area contributed by atoms with Gasteiger partial charge in [0.2, 0.25) is 0 Å². The first-order valence-electron chi connectivity index (χ1n) is 8.11. The van der Waals surface area contributed by atoms with E-state index < -0.39 is 46.0 Å². The van der Waals surface area contributed by atoms with Gasteiger partial charge in [-0.1, -0.05) is 30.3 Å². The SMILES string of the molecule is CC1(C)OC2[C@H](O[C@H](COCc3ccccc3)[C@@H]2OS(=O)(=O)C(F)(F)F)O1. The molecular formula is C16H19F3O7S. The Kier molecular flexibility index (Phi) is 5.54. The normalized spacial score (nSPS) is 30.4. The second kappa shape index (κ2) is 7.30. The smallest absolute Gasteiger partial charge is 0.374 e. The maximum absolute atomic E-state index is 12.7. The summed E-state index contributed by atoms with van der Waals surface area (Å²) in [6.45, 7) is 3.03. The minimum Gasteiger partial charge on any atom is -0.374 e. The van der Waals surface area contributed by atoms with Crippen molar-refractivity contribution in [1.82, 2.24) is 0 Å². The second-order valence-electron chi connectivity index (χ2n) is 6.60. The van der Waals surface area contributed by atoms with Gasteiger partial charge >= 0.3 is 15.6 Å². The molecule has 0 aromatic heterocycles. The van der Waals surface area contributed by atoms with Gasteiger partial charge in [0.1, 0.15) is 18.3 Å². The fourth-order valence-electron chi connectivity index (χ4n) is 2.87. The van der Waals surface area contributed by atoms with Crippen LogP contribution in [0.15, 0.2) is 30.3 Å². The number of ether oxygens (including phenoxy) is 4. The minimum absolute atomic E-state index is 0.169. The highest BCUT2D eigenvalue weighted by atomic mass is 32.2. The summed E-state index contributed by atoms with van der Waals surface area (Å²) < 4.78 is 87.4. The van der Waals surface area contributed by atoms with Crippen LogP contribution >= 0.6 is 0 Å². The summed E-state index contributed by atoms with van der Waals surface area (Å²) in [5.41, 5.74) is -4.72. The molecule has 0 spiro atoms. The van der Waals surface area contributed by atoms with Crippen LogP contribution < -0.4 is 0 Å². The van der Waals surface area contributed by atoms with Crippen molar-refractivity contribution in [2.45, 2.75) is 56.4 Å². The molecule has 0 amide bonds. The first-order valence-corrected chi connectivity index (χ1v) is 9.52. The highest BCUT2D eigenvalue weighted by Crippen LogP contribution is 2.40. The Labute approximate surface area is 154 Å². The molecule has 7 nitrogen and oxygen atoms in total. The summed E-state index contributed by atoms with van der Waals surface area (Å²) in [5, 5.41) is 0. The summed E-state index contributed by atoms with van der Waals surface area (Å²) in [5.74, 6) is -1.14. The molecule has 0 N–H and O–H groups in total. The Morgan fingerprint density at radius 3 is 2.44 bits per heavy atom. The molecule has 27 heavy (non-hydrogen) atoms. The lowest BCUT2D eigenvalue weighted by Gasteiger charge is -2.25. The third-order valence-corrected chi connectivity index (χ3v) is 5.04. The highest BCUT2D eigenvalue weighted by Gasteiger charge is 2.59. The fourth-order valence-corrected chi connectivity index (χ4v) is 3.50. The standard InChI is InChI=1S/C16H19F3O7S/c1-15(2)24-13-12(26-27(20,21)16(17,18)19)11(23-14(13)25-15)9-22-8-10-6-4-3-5-7-10/h3-7,11-14H,8-9H2,1-2H3/t11-,12+,13?,14-/m1/s1. The largest absolute Gasteiger partial charge is 0.523 e. The predicted molar refractivity (Wildman–Crippen MR) is 84.6 cm³/mol. The van der Waals surface area contributed by atoms with Crippen molar-refractivity contribution in [1.29, 1.82) is 0 Å². The van der Waals surface area contributed by atoms with Crippen LogP contribution in [0.2, 0.25) is 0 Å². The van der Waals surface area contributed by atoms with E-state index >= 15 is 0 Å². The van der Waals surface area contributed by atoms with E-state index in [2.05, 4.69) is 4.18 Å². The van der Waals surface area contributed by atoms with Gasteiger partial charge in [0.05, 0.1) is 13.2 Å². The zero-order valence-corrected chi connectivity index (χ0v) is 15.3. The third kappa shape index (κ3) is 4.61. The lowest BCUT2D eigenvalue weighted by Crippen LogP contribution is -2.42. The number of alkyl halides is 3. The van der Waals surface area contributed by atoms with Crippen molar-refractivity contribution in [3.8, 4) is 0 Å². The first kappa shape index (κ1) is 20.5. The van der Waals surface area contributed by atoms with E-state index in [1.165, 1.54) is 13.8 Å². The van der Waals surface area contributed by atoms with Crippen LogP contribution in [0.5, 0.6) is 0 Å². The van der Waals surface area contributed by atoms with E-state index in [4.69, 9.17) is 18.9 Å². The molecule has 0 radical (unpaired) electrons. The van der Waals surface area contributed by atoms with Gasteiger partial charge in [0.25, 0.3) is 0 Å². The van der Waals surface area contributed by atoms with Crippen LogP contribution in [-0.2, 0) is 39.9 Å². The quantitative estimate of drug-likeness (QED) is 0.524. The molecule has 0 saturated carbocycles. The zero-order chi connectivity index (χ0) is 19.9. The molecule has 0 bridgehead atoms. The Balaban J connectivity index is 1.70. The molecule has 2 saturated heterocycles. The van der Waals surface area contributed by atoms with Gasteiger partial charge in [-0.3, -0.25) is 4.18 Å². The topological polar surface area (TPSA) is 80.3 Å². The van der Waals surface area contributed by atoms with E-state index in [1.807, 2.05) is 6.07 Å². The lowest BCUT2D eigenvalue weighted by molar-refractivity contribution is -0.219. The van der Waals surface area contributed by atoms with E-state index in [9.17, 15) is 21.6 Å². The average molecular weight is 412 g/mol. The molecule has 1 unspecified atom stereocenters. The molecule has 2 aliphatic rings. The van der Waals surface area contributed by atoms with Gasteiger partial charge in [0, 0.05) is 0 Å². The summed E-state index contributed by atoms with van der Waals surface area (Å²) >= 11 is 0. The van der Waals surface area contributed by atoms with Crippen molar-refractivity contribution in [3.63, 3.8) is 0 Å². The molecular weight excluding hydrogens is 393 g/mol. The van der Waals surface area contributed by atoms with Gasteiger partial charge in [-0.25, -0.2) is 0 Å². The summed E-state index contributed by atoms with van der Waals surface area (Å²) in [4.78, 5) is 0. The molecule has 3 rings (SSSR count). The van der Waals surface area contributed by atoms with Gasteiger partial charge in [-0.15, -0.1) is 0 Å². The monoisotopic (exact) mass is 412 g/mol. The van der Waals surface area contributed by atoms with Gasteiger partial charge in [-0.2, -0.15) is 21.6 Å². The molecule has 4 atom stereocenters. The fraction of sp³-hybridized carbons (Fsp3) is 0.625. The molecule has 0 aliphatic carbocycles. The van der Waals surface area contributed by atoms with Crippen molar-refractivity contribution in [2.24, 2.45) is 0 Å². The van der Waals surface area contributed by atoms with Crippen LogP contribution in [0.25, 0.3) is 0 Å². The van der Waals surface area contributed by atoms with Crippen LogP contribution in [0.1, 0.15) is 19.4 Å².